The van der Waals surface area contributed by atoms with Gasteiger partial charge in [-0.25, -0.2) is 0 Å². The summed E-state index contributed by atoms with van der Waals surface area (Å²) in [6.07, 6.45) is 0. The number of fused-ring (bicyclic) bond motifs is 1. The molecule has 0 spiro atoms. The van der Waals surface area contributed by atoms with Crippen LogP contribution < -0.4 is 5.32 Å². The lowest BCUT2D eigenvalue weighted by Gasteiger charge is -1.97. The summed E-state index contributed by atoms with van der Waals surface area (Å²) >= 11 is 0. The van der Waals surface area contributed by atoms with E-state index < -0.39 is 0 Å². The summed E-state index contributed by atoms with van der Waals surface area (Å²) in [4.78, 5) is 2.75. The van der Waals surface area contributed by atoms with Crippen LogP contribution in [0.2, 0.25) is 0 Å². The van der Waals surface area contributed by atoms with Gasteiger partial charge in [0.25, 0.3) is 0 Å². The van der Waals surface area contributed by atoms with E-state index in [9.17, 15) is 0 Å². The molecule has 2 fully saturated rings. The van der Waals surface area contributed by atoms with Gasteiger partial charge in [-0.1, -0.05) is 5.11 Å². The maximum Gasteiger partial charge on any atom is 0.0292 e. The molecule has 1 aliphatic heterocycles. The predicted octanol–water partition coefficient (Wildman–Crippen LogP) is 0.762. The van der Waals surface area contributed by atoms with Gasteiger partial charge in [0.15, 0.2) is 0 Å². The first-order valence-electron chi connectivity index (χ1n) is 3.65. The summed E-state index contributed by atoms with van der Waals surface area (Å²) in [5.74, 6) is 2.35. The lowest BCUT2D eigenvalue weighted by molar-refractivity contribution is 0.603. The first kappa shape index (κ1) is 6.01. The van der Waals surface area contributed by atoms with Crippen LogP contribution in [0.4, 0.5) is 0 Å². The highest BCUT2D eigenvalue weighted by atomic mass is 15.1. The molecule has 10 heavy (non-hydrogen) atoms. The molecule has 54 valence electrons. The molecule has 1 saturated carbocycles. The van der Waals surface area contributed by atoms with Gasteiger partial charge in [-0.2, -0.15) is 0 Å². The Labute approximate surface area is 59.2 Å². The molecule has 2 unspecified atom stereocenters. The molecule has 1 heterocycles. The second-order valence-electron chi connectivity index (χ2n) is 3.06. The lowest BCUT2D eigenvalue weighted by atomic mass is 10.3. The van der Waals surface area contributed by atoms with Crippen LogP contribution in [0.15, 0.2) is 5.11 Å². The highest BCUT2D eigenvalue weighted by Crippen LogP contribution is 2.48. The van der Waals surface area contributed by atoms with E-state index in [1.54, 1.807) is 0 Å². The minimum Gasteiger partial charge on any atom is -0.316 e. The zero-order valence-corrected chi connectivity index (χ0v) is 5.70. The highest BCUT2D eigenvalue weighted by molar-refractivity contribution is 5.04. The summed E-state index contributed by atoms with van der Waals surface area (Å²) in [5, 5.41) is 6.86. The van der Waals surface area contributed by atoms with Crippen LogP contribution in [0.5, 0.6) is 0 Å². The molecule has 0 aromatic carbocycles. The van der Waals surface area contributed by atoms with E-state index in [2.05, 4.69) is 15.3 Å². The van der Waals surface area contributed by atoms with Crippen LogP contribution in [0.3, 0.4) is 0 Å². The van der Waals surface area contributed by atoms with Crippen LogP contribution in [-0.2, 0) is 0 Å². The minimum absolute atomic E-state index is 0.706. The third-order valence-corrected chi connectivity index (χ3v) is 2.62. The monoisotopic (exact) mass is 138 g/mol. The molecule has 1 aliphatic carbocycles. The van der Waals surface area contributed by atoms with Crippen molar-refractivity contribution in [3.63, 3.8) is 0 Å². The zero-order chi connectivity index (χ0) is 6.97. The molecule has 4 heteroatoms. The van der Waals surface area contributed by atoms with Gasteiger partial charge in [0, 0.05) is 11.5 Å². The fraction of sp³-hybridized carbons (Fsp3) is 1.00. The second kappa shape index (κ2) is 2.15. The van der Waals surface area contributed by atoms with Gasteiger partial charge in [0.05, 0.1) is 0 Å². The smallest absolute Gasteiger partial charge is 0.0292 e. The third kappa shape index (κ3) is 0.770. The Morgan fingerprint density at radius 1 is 1.50 bits per heavy atom. The average molecular weight is 138 g/mol. The molecule has 2 aliphatic rings. The number of hydrogen-bond acceptors (Lipinski definition) is 2. The summed E-state index contributed by atoms with van der Waals surface area (Å²) in [6, 6.07) is 0. The van der Waals surface area contributed by atoms with Crippen molar-refractivity contribution < 1.29 is 0 Å². The maximum atomic E-state index is 8.05. The van der Waals surface area contributed by atoms with E-state index in [-0.39, 0.29) is 0 Å². The molecule has 2 atom stereocenters. The number of hydrogen-bond donors (Lipinski definition) is 1. The SMILES string of the molecule is [N-]=[N+]=NCC1C2CNCC12. The van der Waals surface area contributed by atoms with Crippen molar-refractivity contribution in [2.24, 2.45) is 22.9 Å². The van der Waals surface area contributed by atoms with E-state index in [0.717, 1.165) is 24.9 Å². The van der Waals surface area contributed by atoms with Gasteiger partial charge in [-0.3, -0.25) is 0 Å². The Morgan fingerprint density at radius 2 is 2.20 bits per heavy atom. The molecule has 0 aromatic heterocycles. The fourth-order valence-corrected chi connectivity index (χ4v) is 1.95. The largest absolute Gasteiger partial charge is 0.316 e. The van der Waals surface area contributed by atoms with Gasteiger partial charge in [-0.05, 0) is 36.4 Å². The van der Waals surface area contributed by atoms with Crippen molar-refractivity contribution in [3.05, 3.63) is 10.4 Å². The van der Waals surface area contributed by atoms with Crippen LogP contribution in [0.1, 0.15) is 0 Å². The van der Waals surface area contributed by atoms with E-state index in [0.29, 0.717) is 12.5 Å². The van der Waals surface area contributed by atoms with Crippen LogP contribution >= 0.6 is 0 Å². The maximum absolute atomic E-state index is 8.05. The van der Waals surface area contributed by atoms with Gasteiger partial charge in [0.1, 0.15) is 0 Å². The number of nitrogens with zero attached hydrogens (tertiary/aromatic N) is 3. The molecule has 1 saturated heterocycles. The number of piperidine rings is 1. The molecule has 0 amide bonds. The van der Waals surface area contributed by atoms with Gasteiger partial charge < -0.3 is 5.32 Å². The Hall–Kier alpha value is -0.730. The summed E-state index contributed by atoms with van der Waals surface area (Å²) < 4.78 is 0. The minimum atomic E-state index is 0.706. The Balaban J connectivity index is 1.84. The topological polar surface area (TPSA) is 60.8 Å². The van der Waals surface area contributed by atoms with Crippen molar-refractivity contribution in [2.75, 3.05) is 19.6 Å². The van der Waals surface area contributed by atoms with E-state index in [4.69, 9.17) is 5.53 Å². The molecular weight excluding hydrogens is 128 g/mol. The molecule has 0 radical (unpaired) electrons. The van der Waals surface area contributed by atoms with Crippen molar-refractivity contribution in [2.45, 2.75) is 0 Å². The first-order valence-corrected chi connectivity index (χ1v) is 3.65. The standard InChI is InChI=1S/C6H10N4/c7-10-9-3-6-4-1-8-2-5(4)6/h4-6,8H,1-3H2. The summed E-state index contributed by atoms with van der Waals surface area (Å²) in [5.41, 5.74) is 8.05. The molecule has 0 bridgehead atoms. The lowest BCUT2D eigenvalue weighted by Crippen LogP contribution is -2.15. The van der Waals surface area contributed by atoms with Gasteiger partial charge in [0.2, 0.25) is 0 Å². The molecule has 1 N–H and O–H groups in total. The Morgan fingerprint density at radius 3 is 2.80 bits per heavy atom. The quantitative estimate of drug-likeness (QED) is 0.342. The van der Waals surface area contributed by atoms with E-state index >= 15 is 0 Å². The molecule has 4 nitrogen and oxygen atoms in total. The second-order valence-corrected chi connectivity index (χ2v) is 3.06. The predicted molar refractivity (Wildman–Crippen MR) is 37.4 cm³/mol. The van der Waals surface area contributed by atoms with Crippen molar-refractivity contribution in [1.29, 1.82) is 0 Å². The van der Waals surface area contributed by atoms with E-state index in [1.807, 2.05) is 0 Å². The van der Waals surface area contributed by atoms with Crippen LogP contribution in [-0.4, -0.2) is 19.6 Å². The molecular formula is C6H10N4. The summed E-state index contributed by atoms with van der Waals surface area (Å²) in [6.45, 7) is 2.99. The van der Waals surface area contributed by atoms with Gasteiger partial charge >= 0.3 is 0 Å². The van der Waals surface area contributed by atoms with Crippen LogP contribution in [0, 0.1) is 17.8 Å². The summed E-state index contributed by atoms with van der Waals surface area (Å²) in [7, 11) is 0. The fourth-order valence-electron chi connectivity index (χ4n) is 1.95. The normalized spacial score (nSPS) is 42.2. The van der Waals surface area contributed by atoms with E-state index in [1.165, 1.54) is 0 Å². The van der Waals surface area contributed by atoms with Crippen LogP contribution in [0.25, 0.3) is 10.4 Å². The van der Waals surface area contributed by atoms with Gasteiger partial charge in [-0.15, -0.1) is 0 Å². The number of azide groups is 1. The van der Waals surface area contributed by atoms with Crippen molar-refractivity contribution >= 4 is 0 Å². The Kier molecular flexibility index (Phi) is 1.29. The zero-order valence-electron chi connectivity index (χ0n) is 5.70. The first-order chi connectivity index (χ1) is 4.93. The van der Waals surface area contributed by atoms with Crippen molar-refractivity contribution in [3.8, 4) is 0 Å². The number of rotatable bonds is 2. The average Bonchev–Trinajstić information content (AvgIpc) is 2.46. The third-order valence-electron chi connectivity index (χ3n) is 2.62. The highest BCUT2D eigenvalue weighted by Gasteiger charge is 2.51. The van der Waals surface area contributed by atoms with Crippen molar-refractivity contribution in [1.82, 2.24) is 5.32 Å². The number of nitrogens with one attached hydrogen (secondary N) is 1. The Bertz CT molecular complexity index is 174. The molecule has 0 aromatic rings. The molecule has 2 rings (SSSR count).